The number of carboxylic acids is 4. The van der Waals surface area contributed by atoms with E-state index in [0.717, 1.165) is 6.07 Å². The Morgan fingerprint density at radius 3 is 1.83 bits per heavy atom. The standard InChI is InChI=1S/C41H53N5O13/c1-7-20(4)30(40(57)58)45-35(49)24-16-22(36(50)46-14-10-12-28(46)38(53)54)18-26-32(24)59-31-23(34(48)43-27(37(51)52)11-8-9-13-42)15-21(17-25(31)41(26,5)6)33(47)44-29(19(2)3)39(55)56/h15-20,27-30H,7-14,42H2,1-6H3,(H,43,48)(H,44,47)(H,45,49)(H,51,52)(H,53,54)(H,55,56)(H,57,58)/t20-,27-,28-,29-,30-/m0/s1. The number of unbranched alkanes of at least 4 members (excludes halogenated alkanes) is 1. The zero-order valence-electron chi connectivity index (χ0n) is 33.9. The number of nitrogens with two attached hydrogens (primary N) is 1. The van der Waals surface area contributed by atoms with Gasteiger partial charge in [0.25, 0.3) is 23.6 Å². The summed E-state index contributed by atoms with van der Waals surface area (Å²) in [7, 11) is 0. The average molecular weight is 824 g/mol. The van der Waals surface area contributed by atoms with E-state index in [4.69, 9.17) is 10.5 Å². The third kappa shape index (κ3) is 9.81. The lowest BCUT2D eigenvalue weighted by Crippen LogP contribution is -2.45. The van der Waals surface area contributed by atoms with Crippen molar-refractivity contribution in [1.29, 1.82) is 0 Å². The van der Waals surface area contributed by atoms with Crippen molar-refractivity contribution in [2.24, 2.45) is 17.6 Å². The highest BCUT2D eigenvalue weighted by molar-refractivity contribution is 6.07. The molecule has 1 saturated heterocycles. The Labute approximate surface area is 340 Å². The van der Waals surface area contributed by atoms with E-state index in [1.807, 2.05) is 0 Å². The fraction of sp³-hybridized carbons (Fsp3) is 0.512. The molecule has 4 rings (SSSR count). The summed E-state index contributed by atoms with van der Waals surface area (Å²) in [4.78, 5) is 106. The molecule has 5 atom stereocenters. The number of likely N-dealkylation sites (tertiary alicyclic amines) is 1. The van der Waals surface area contributed by atoms with Crippen LogP contribution in [-0.2, 0) is 24.6 Å². The summed E-state index contributed by atoms with van der Waals surface area (Å²) in [6, 6.07) is -0.205. The number of carbonyl (C=O) groups excluding carboxylic acids is 4. The Hall–Kier alpha value is -6.04. The van der Waals surface area contributed by atoms with Gasteiger partial charge < -0.3 is 51.7 Å². The van der Waals surface area contributed by atoms with Crippen LogP contribution in [0.2, 0.25) is 0 Å². The molecule has 18 nitrogen and oxygen atoms in total. The molecule has 0 bridgehead atoms. The van der Waals surface area contributed by atoms with Crippen LogP contribution >= 0.6 is 0 Å². The number of hydrogen-bond donors (Lipinski definition) is 8. The van der Waals surface area contributed by atoms with E-state index in [2.05, 4.69) is 16.0 Å². The Morgan fingerprint density at radius 1 is 0.780 bits per heavy atom. The van der Waals surface area contributed by atoms with Gasteiger partial charge in [-0.2, -0.15) is 0 Å². The van der Waals surface area contributed by atoms with Crippen molar-refractivity contribution in [3.8, 4) is 11.5 Å². The van der Waals surface area contributed by atoms with Crippen LogP contribution in [0.4, 0.5) is 0 Å². The molecule has 4 amide bonds. The molecule has 2 aromatic carbocycles. The summed E-state index contributed by atoms with van der Waals surface area (Å²) >= 11 is 0. The molecule has 59 heavy (non-hydrogen) atoms. The topological polar surface area (TPSA) is 292 Å². The fourth-order valence-electron chi connectivity index (χ4n) is 7.30. The van der Waals surface area contributed by atoms with Crippen molar-refractivity contribution in [1.82, 2.24) is 20.9 Å². The summed E-state index contributed by atoms with van der Waals surface area (Å²) in [6.45, 7) is 10.2. The molecule has 9 N–H and O–H groups in total. The number of amides is 4. The van der Waals surface area contributed by atoms with Gasteiger partial charge in [0.2, 0.25) is 0 Å². The lowest BCUT2D eigenvalue weighted by atomic mass is 9.73. The van der Waals surface area contributed by atoms with E-state index in [0.29, 0.717) is 25.7 Å². The molecular weight excluding hydrogens is 770 g/mol. The van der Waals surface area contributed by atoms with Gasteiger partial charge in [0, 0.05) is 34.2 Å². The fourth-order valence-corrected chi connectivity index (χ4v) is 7.30. The number of benzene rings is 2. The van der Waals surface area contributed by atoms with E-state index in [9.17, 15) is 58.8 Å². The largest absolute Gasteiger partial charge is 0.480 e. The van der Waals surface area contributed by atoms with E-state index in [1.165, 1.54) is 23.1 Å². The summed E-state index contributed by atoms with van der Waals surface area (Å²) < 4.78 is 6.42. The van der Waals surface area contributed by atoms with E-state index in [-0.39, 0.29) is 70.8 Å². The first kappa shape index (κ1) is 45.7. The molecule has 2 aliphatic heterocycles. The first-order valence-corrected chi connectivity index (χ1v) is 19.6. The highest BCUT2D eigenvalue weighted by Crippen LogP contribution is 2.51. The summed E-state index contributed by atoms with van der Waals surface area (Å²) in [5.74, 6) is -10.2. The summed E-state index contributed by atoms with van der Waals surface area (Å²) in [6.07, 6.45) is 1.81. The van der Waals surface area contributed by atoms with Crippen molar-refractivity contribution in [3.63, 3.8) is 0 Å². The Bertz CT molecular complexity index is 2030. The number of aliphatic carboxylic acids is 4. The molecule has 2 aliphatic rings. The first-order chi connectivity index (χ1) is 27.7. The second kappa shape index (κ2) is 18.7. The predicted molar refractivity (Wildman–Crippen MR) is 211 cm³/mol. The first-order valence-electron chi connectivity index (χ1n) is 19.6. The number of ether oxygens (including phenoxy) is 1. The van der Waals surface area contributed by atoms with Crippen molar-refractivity contribution in [2.45, 2.75) is 110 Å². The average Bonchev–Trinajstić information content (AvgIpc) is 3.67. The second-order valence-electron chi connectivity index (χ2n) is 15.9. The summed E-state index contributed by atoms with van der Waals surface area (Å²) in [5.41, 5.74) is 3.57. The van der Waals surface area contributed by atoms with Crippen LogP contribution in [0.3, 0.4) is 0 Å². The van der Waals surface area contributed by atoms with Gasteiger partial charge in [-0.3, -0.25) is 19.2 Å². The molecule has 0 aromatic heterocycles. The highest BCUT2D eigenvalue weighted by Gasteiger charge is 2.43. The van der Waals surface area contributed by atoms with Gasteiger partial charge in [0.15, 0.2) is 0 Å². The third-order valence-corrected chi connectivity index (χ3v) is 11.1. The summed E-state index contributed by atoms with van der Waals surface area (Å²) in [5, 5.41) is 47.1. The van der Waals surface area contributed by atoms with Gasteiger partial charge in [-0.05, 0) is 74.8 Å². The zero-order valence-corrected chi connectivity index (χ0v) is 33.9. The zero-order chi connectivity index (χ0) is 44.1. The molecule has 320 valence electrons. The molecule has 0 saturated carbocycles. The maximum atomic E-state index is 14.2. The van der Waals surface area contributed by atoms with Gasteiger partial charge in [0.05, 0.1) is 11.1 Å². The lowest BCUT2D eigenvalue weighted by Gasteiger charge is -2.37. The monoisotopic (exact) mass is 823 g/mol. The molecule has 18 heteroatoms. The SMILES string of the molecule is CC[C@H](C)[C@H](NC(=O)c1cc(C(=O)N2CCC[C@H]2C(=O)O)cc2c1Oc1c(C(=O)N[C@@H](CCCCN)C(=O)O)cc(C(=O)N[C@H](C(=O)O)C(C)C)cc1C2(C)C)C(=O)O. The van der Waals surface area contributed by atoms with Gasteiger partial charge in [-0.15, -0.1) is 0 Å². The van der Waals surface area contributed by atoms with Gasteiger partial charge in [0.1, 0.15) is 35.7 Å². The number of nitrogens with one attached hydrogen (secondary N) is 3. The molecule has 0 spiro atoms. The number of carbonyl (C=O) groups is 8. The van der Waals surface area contributed by atoms with Crippen LogP contribution in [0.5, 0.6) is 11.5 Å². The van der Waals surface area contributed by atoms with Crippen LogP contribution in [0.15, 0.2) is 24.3 Å². The van der Waals surface area contributed by atoms with E-state index in [1.54, 1.807) is 41.5 Å². The molecule has 0 aliphatic carbocycles. The van der Waals surface area contributed by atoms with E-state index < -0.39 is 88.9 Å². The van der Waals surface area contributed by atoms with Gasteiger partial charge >= 0.3 is 23.9 Å². The maximum Gasteiger partial charge on any atom is 0.326 e. The second-order valence-corrected chi connectivity index (χ2v) is 15.9. The number of rotatable bonds is 18. The quantitative estimate of drug-likeness (QED) is 0.100. The van der Waals surface area contributed by atoms with Crippen LogP contribution in [0.1, 0.15) is 133 Å². The van der Waals surface area contributed by atoms with Crippen molar-refractivity contribution >= 4 is 47.5 Å². The Kier molecular flexibility index (Phi) is 14.5. The number of carboxylic acid groups (broad SMARTS) is 4. The number of fused-ring (bicyclic) bond motifs is 2. The Balaban J connectivity index is 1.99. The minimum Gasteiger partial charge on any atom is -0.480 e. The molecule has 1 fully saturated rings. The van der Waals surface area contributed by atoms with Crippen LogP contribution in [0.25, 0.3) is 0 Å². The smallest absolute Gasteiger partial charge is 0.326 e. The predicted octanol–water partition coefficient (Wildman–Crippen LogP) is 3.19. The third-order valence-electron chi connectivity index (χ3n) is 11.1. The van der Waals surface area contributed by atoms with Crippen molar-refractivity contribution in [3.05, 3.63) is 57.6 Å². The molecule has 0 radical (unpaired) electrons. The lowest BCUT2D eigenvalue weighted by molar-refractivity contribution is -0.142. The van der Waals surface area contributed by atoms with Crippen molar-refractivity contribution < 1.29 is 63.5 Å². The normalized spacial score (nSPS) is 17.3. The van der Waals surface area contributed by atoms with Crippen molar-refractivity contribution in [2.75, 3.05) is 13.1 Å². The van der Waals surface area contributed by atoms with Gasteiger partial charge in [-0.25, -0.2) is 19.2 Å². The van der Waals surface area contributed by atoms with Crippen LogP contribution < -0.4 is 26.4 Å². The minimum absolute atomic E-state index is 0.00626. The number of hydrogen-bond acceptors (Lipinski definition) is 10. The van der Waals surface area contributed by atoms with Crippen LogP contribution in [-0.4, -0.2) is 110 Å². The maximum absolute atomic E-state index is 14.2. The van der Waals surface area contributed by atoms with Crippen LogP contribution in [0, 0.1) is 11.8 Å². The van der Waals surface area contributed by atoms with Gasteiger partial charge in [-0.1, -0.05) is 48.0 Å². The Morgan fingerprint density at radius 2 is 1.32 bits per heavy atom. The molecular formula is C41H53N5O13. The molecule has 2 aromatic rings. The highest BCUT2D eigenvalue weighted by atomic mass is 16.5. The molecule has 2 heterocycles. The van der Waals surface area contributed by atoms with E-state index >= 15 is 0 Å². The number of nitrogens with zero attached hydrogens (tertiary/aromatic N) is 1. The molecule has 0 unspecified atom stereocenters. The minimum atomic E-state index is -1.40.